The molecule has 0 aliphatic carbocycles. The van der Waals surface area contributed by atoms with Gasteiger partial charge in [-0.15, -0.1) is 11.8 Å². The van der Waals surface area contributed by atoms with E-state index in [9.17, 15) is 0 Å². The molecule has 0 amide bonds. The molecule has 2 nitrogen and oxygen atoms in total. The van der Waals surface area contributed by atoms with Crippen molar-refractivity contribution in [1.82, 2.24) is 9.97 Å². The maximum Gasteiger partial charge on any atom is 0.115 e. The molecule has 0 aliphatic rings. The summed E-state index contributed by atoms with van der Waals surface area (Å²) in [5.74, 6) is 1.87. The molecule has 0 saturated carbocycles. The third-order valence-corrected chi connectivity index (χ3v) is 3.30. The fraction of sp³-hybridized carbons (Fsp3) is 0.385. The molecule has 0 spiro atoms. The molecule has 0 unspecified atom stereocenters. The quantitative estimate of drug-likeness (QED) is 0.750. The molecule has 0 aliphatic heterocycles. The van der Waals surface area contributed by atoms with Crippen LogP contribution in [0.4, 0.5) is 0 Å². The van der Waals surface area contributed by atoms with Gasteiger partial charge >= 0.3 is 0 Å². The van der Waals surface area contributed by atoms with Gasteiger partial charge in [-0.3, -0.25) is 4.98 Å². The summed E-state index contributed by atoms with van der Waals surface area (Å²) in [5.41, 5.74) is 1.95. The minimum absolute atomic E-state index is 0.751. The van der Waals surface area contributed by atoms with Crippen LogP contribution in [0.15, 0.2) is 35.5 Å². The van der Waals surface area contributed by atoms with Gasteiger partial charge in [0.05, 0.1) is 17.2 Å². The van der Waals surface area contributed by atoms with Gasteiger partial charge in [0, 0.05) is 0 Å². The summed E-state index contributed by atoms with van der Waals surface area (Å²) in [4.78, 5) is 8.97. The Morgan fingerprint density at radius 1 is 1.19 bits per heavy atom. The molecule has 1 aromatic carbocycles. The van der Waals surface area contributed by atoms with Crippen molar-refractivity contribution in [3.8, 4) is 0 Å². The highest BCUT2D eigenvalue weighted by Crippen LogP contribution is 2.19. The number of thioether (sulfide) groups is 1. The number of fused-ring (bicyclic) bond motifs is 1. The van der Waals surface area contributed by atoms with Gasteiger partial charge in [-0.1, -0.05) is 26.0 Å². The van der Waals surface area contributed by atoms with Crippen LogP contribution in [0.3, 0.4) is 0 Å². The van der Waals surface area contributed by atoms with Crippen LogP contribution in [0.25, 0.3) is 11.0 Å². The number of hydrogen-bond acceptors (Lipinski definition) is 3. The van der Waals surface area contributed by atoms with E-state index in [1.165, 1.54) is 6.42 Å². The molecule has 2 aromatic rings. The lowest BCUT2D eigenvalue weighted by Crippen LogP contribution is -1.91. The highest BCUT2D eigenvalue weighted by atomic mass is 32.2. The number of para-hydroxylation sites is 2. The Kier molecular flexibility index (Phi) is 3.78. The molecule has 0 N–H and O–H groups in total. The lowest BCUT2D eigenvalue weighted by molar-refractivity contribution is 0.632. The molecule has 0 bridgehead atoms. The Labute approximate surface area is 101 Å². The molecule has 0 fully saturated rings. The maximum atomic E-state index is 4.57. The number of hydrogen-bond donors (Lipinski definition) is 0. The van der Waals surface area contributed by atoms with Crippen LogP contribution >= 0.6 is 11.8 Å². The molecule has 84 valence electrons. The highest BCUT2D eigenvalue weighted by molar-refractivity contribution is 7.99. The largest absolute Gasteiger partial charge is 0.252 e. The van der Waals surface area contributed by atoms with Crippen molar-refractivity contribution in [3.05, 3.63) is 30.5 Å². The van der Waals surface area contributed by atoms with Gasteiger partial charge in [-0.2, -0.15) is 0 Å². The van der Waals surface area contributed by atoms with E-state index in [4.69, 9.17) is 0 Å². The van der Waals surface area contributed by atoms with E-state index >= 15 is 0 Å². The van der Waals surface area contributed by atoms with Gasteiger partial charge in [-0.25, -0.2) is 4.98 Å². The normalized spacial score (nSPS) is 11.2. The first kappa shape index (κ1) is 11.4. The first-order chi connectivity index (χ1) is 7.75. The number of benzene rings is 1. The van der Waals surface area contributed by atoms with E-state index in [1.54, 1.807) is 11.8 Å². The zero-order chi connectivity index (χ0) is 11.4. The van der Waals surface area contributed by atoms with Crippen molar-refractivity contribution in [3.63, 3.8) is 0 Å². The van der Waals surface area contributed by atoms with Crippen molar-refractivity contribution in [1.29, 1.82) is 0 Å². The predicted molar refractivity (Wildman–Crippen MR) is 69.7 cm³/mol. The Hall–Kier alpha value is -1.09. The summed E-state index contributed by atoms with van der Waals surface area (Å²) in [7, 11) is 0. The van der Waals surface area contributed by atoms with Gasteiger partial charge in [-0.05, 0) is 30.2 Å². The summed E-state index contributed by atoms with van der Waals surface area (Å²) in [5, 5.41) is 1.03. The molecular formula is C13H16N2S. The van der Waals surface area contributed by atoms with Gasteiger partial charge < -0.3 is 0 Å². The average Bonchev–Trinajstić information content (AvgIpc) is 2.28. The Morgan fingerprint density at radius 2 is 1.94 bits per heavy atom. The molecule has 1 heterocycles. The number of nitrogens with zero attached hydrogens (tertiary/aromatic N) is 2. The minimum atomic E-state index is 0.751. The van der Waals surface area contributed by atoms with E-state index in [0.717, 1.165) is 27.7 Å². The fourth-order valence-electron chi connectivity index (χ4n) is 1.41. The fourth-order valence-corrected chi connectivity index (χ4v) is 2.50. The predicted octanol–water partition coefficient (Wildman–Crippen LogP) is 3.77. The van der Waals surface area contributed by atoms with E-state index in [2.05, 4.69) is 23.8 Å². The monoisotopic (exact) mass is 232 g/mol. The second-order valence-corrected chi connectivity index (χ2v) is 5.34. The second-order valence-electron chi connectivity index (χ2n) is 4.23. The molecule has 0 atom stereocenters. The van der Waals surface area contributed by atoms with Gasteiger partial charge in [0.1, 0.15) is 5.03 Å². The average molecular weight is 232 g/mol. The summed E-state index contributed by atoms with van der Waals surface area (Å²) in [6.45, 7) is 4.49. The van der Waals surface area contributed by atoms with E-state index in [1.807, 2.05) is 30.5 Å². The van der Waals surface area contributed by atoms with Crippen molar-refractivity contribution in [2.24, 2.45) is 5.92 Å². The Balaban J connectivity index is 2.08. The van der Waals surface area contributed by atoms with Crippen LogP contribution in [0, 0.1) is 5.92 Å². The highest BCUT2D eigenvalue weighted by Gasteiger charge is 2.00. The summed E-state index contributed by atoms with van der Waals surface area (Å²) in [6, 6.07) is 7.99. The lowest BCUT2D eigenvalue weighted by atomic mass is 10.2. The van der Waals surface area contributed by atoms with Crippen LogP contribution in [-0.4, -0.2) is 15.7 Å². The number of aromatic nitrogens is 2. The minimum Gasteiger partial charge on any atom is -0.252 e. The smallest absolute Gasteiger partial charge is 0.115 e. The van der Waals surface area contributed by atoms with Gasteiger partial charge in [0.2, 0.25) is 0 Å². The zero-order valence-corrected chi connectivity index (χ0v) is 10.5. The summed E-state index contributed by atoms with van der Waals surface area (Å²) in [6.07, 6.45) is 3.09. The van der Waals surface area contributed by atoms with Crippen LogP contribution in [-0.2, 0) is 0 Å². The second kappa shape index (κ2) is 5.30. The lowest BCUT2D eigenvalue weighted by Gasteiger charge is -2.04. The molecule has 0 radical (unpaired) electrons. The third kappa shape index (κ3) is 2.95. The van der Waals surface area contributed by atoms with E-state index < -0.39 is 0 Å². The van der Waals surface area contributed by atoms with Gasteiger partial charge in [0.25, 0.3) is 0 Å². The van der Waals surface area contributed by atoms with E-state index in [-0.39, 0.29) is 0 Å². The van der Waals surface area contributed by atoms with E-state index in [0.29, 0.717) is 0 Å². The van der Waals surface area contributed by atoms with Crippen molar-refractivity contribution in [2.45, 2.75) is 25.3 Å². The molecule has 16 heavy (non-hydrogen) atoms. The standard InChI is InChI=1S/C13H16N2S/c1-10(2)7-8-16-13-9-14-11-5-3-4-6-12(11)15-13/h3-6,9-10H,7-8H2,1-2H3. The summed E-state index contributed by atoms with van der Waals surface area (Å²) >= 11 is 1.79. The van der Waals surface area contributed by atoms with Crippen LogP contribution < -0.4 is 0 Å². The first-order valence-electron chi connectivity index (χ1n) is 5.60. The summed E-state index contributed by atoms with van der Waals surface area (Å²) < 4.78 is 0. The number of rotatable bonds is 4. The van der Waals surface area contributed by atoms with Crippen molar-refractivity contribution >= 4 is 22.8 Å². The SMILES string of the molecule is CC(C)CCSc1cnc2ccccc2n1. The molecule has 1 aromatic heterocycles. The Bertz CT molecular complexity index is 468. The van der Waals surface area contributed by atoms with Crippen LogP contribution in [0.2, 0.25) is 0 Å². The first-order valence-corrected chi connectivity index (χ1v) is 6.59. The van der Waals surface area contributed by atoms with Crippen LogP contribution in [0.1, 0.15) is 20.3 Å². The molecular weight excluding hydrogens is 216 g/mol. The Morgan fingerprint density at radius 3 is 2.69 bits per heavy atom. The molecule has 2 rings (SSSR count). The topological polar surface area (TPSA) is 25.8 Å². The maximum absolute atomic E-state index is 4.57. The van der Waals surface area contributed by atoms with Crippen LogP contribution in [0.5, 0.6) is 0 Å². The van der Waals surface area contributed by atoms with Crippen molar-refractivity contribution in [2.75, 3.05) is 5.75 Å². The molecule has 0 saturated heterocycles. The van der Waals surface area contributed by atoms with Gasteiger partial charge in [0.15, 0.2) is 0 Å². The third-order valence-electron chi connectivity index (χ3n) is 2.37. The zero-order valence-electron chi connectivity index (χ0n) is 9.68. The molecule has 3 heteroatoms. The van der Waals surface area contributed by atoms with Crippen molar-refractivity contribution < 1.29 is 0 Å².